The Hall–Kier alpha value is -2.81. The van der Waals surface area contributed by atoms with Gasteiger partial charge in [0.2, 0.25) is 0 Å². The molecule has 9 nitrogen and oxygen atoms in total. The Balaban J connectivity index is 1.96. The summed E-state index contributed by atoms with van der Waals surface area (Å²) in [5.41, 5.74) is 0.858. The first kappa shape index (κ1) is 26.8. The van der Waals surface area contributed by atoms with Crippen LogP contribution in [0.4, 0.5) is 10.5 Å². The van der Waals surface area contributed by atoms with Crippen molar-refractivity contribution in [1.82, 2.24) is 9.80 Å². The number of methoxy groups -OCH3 is 1. The van der Waals surface area contributed by atoms with E-state index in [1.54, 1.807) is 36.8 Å². The number of carbonyl (C=O) groups is 3. The topological polar surface area (TPSA) is 99.6 Å². The lowest BCUT2D eigenvalue weighted by molar-refractivity contribution is -0.132. The van der Waals surface area contributed by atoms with Crippen LogP contribution in [-0.4, -0.2) is 83.8 Å². The first-order valence-electron chi connectivity index (χ1n) is 12.4. The molecule has 35 heavy (non-hydrogen) atoms. The zero-order chi connectivity index (χ0) is 25.9. The van der Waals surface area contributed by atoms with Gasteiger partial charge in [-0.25, -0.2) is 4.79 Å². The third kappa shape index (κ3) is 5.72. The van der Waals surface area contributed by atoms with Crippen molar-refractivity contribution in [2.75, 3.05) is 38.3 Å². The Morgan fingerprint density at radius 1 is 1.29 bits per heavy atom. The van der Waals surface area contributed by atoms with Crippen LogP contribution in [-0.2, 0) is 9.53 Å². The minimum Gasteiger partial charge on any atom is -0.476 e. The highest BCUT2D eigenvalue weighted by atomic mass is 16.5. The van der Waals surface area contributed by atoms with Crippen molar-refractivity contribution in [2.45, 2.75) is 78.0 Å². The number of carboxylic acid groups (broad SMARTS) is 1. The first-order chi connectivity index (χ1) is 16.5. The van der Waals surface area contributed by atoms with E-state index in [9.17, 15) is 19.5 Å². The van der Waals surface area contributed by atoms with Gasteiger partial charge in [-0.1, -0.05) is 0 Å². The third-order valence-electron chi connectivity index (χ3n) is 6.78. The summed E-state index contributed by atoms with van der Waals surface area (Å²) < 4.78 is 11.2. The predicted molar refractivity (Wildman–Crippen MR) is 133 cm³/mol. The van der Waals surface area contributed by atoms with Gasteiger partial charge in [0.05, 0.1) is 11.7 Å². The van der Waals surface area contributed by atoms with Gasteiger partial charge in [0.25, 0.3) is 11.8 Å². The largest absolute Gasteiger partial charge is 0.476 e. The van der Waals surface area contributed by atoms with Gasteiger partial charge in [-0.05, 0) is 78.0 Å². The second-order valence-electron chi connectivity index (χ2n) is 10.2. The number of aryl methyl sites for hydroxylation is 1. The number of amides is 3. The number of ether oxygens (including phenoxy) is 2. The van der Waals surface area contributed by atoms with Gasteiger partial charge in [0.1, 0.15) is 5.75 Å². The molecule has 1 saturated heterocycles. The van der Waals surface area contributed by atoms with Gasteiger partial charge in [-0.3, -0.25) is 9.59 Å². The Labute approximate surface area is 208 Å². The molecule has 0 spiro atoms. The molecule has 0 aromatic heterocycles. The zero-order valence-electron chi connectivity index (χ0n) is 21.8. The lowest BCUT2D eigenvalue weighted by Crippen LogP contribution is -2.54. The molecule has 9 heteroatoms. The Bertz CT molecular complexity index is 961. The average molecular weight is 490 g/mol. The lowest BCUT2D eigenvalue weighted by Gasteiger charge is -2.41. The minimum atomic E-state index is -1.00. The summed E-state index contributed by atoms with van der Waals surface area (Å²) in [6.07, 6.45) is 2.08. The fourth-order valence-electron chi connectivity index (χ4n) is 5.00. The van der Waals surface area contributed by atoms with E-state index in [2.05, 4.69) is 0 Å². The number of benzene rings is 1. The maximum Gasteiger partial charge on any atom is 0.407 e. The summed E-state index contributed by atoms with van der Waals surface area (Å²) in [7, 11) is 1.65. The van der Waals surface area contributed by atoms with E-state index >= 15 is 0 Å². The van der Waals surface area contributed by atoms with Gasteiger partial charge in [0, 0.05) is 45.0 Å². The summed E-state index contributed by atoms with van der Waals surface area (Å²) in [5.74, 6) is 0.283. The molecule has 0 bridgehead atoms. The molecule has 1 N–H and O–H groups in total. The summed E-state index contributed by atoms with van der Waals surface area (Å²) in [6.45, 7) is 11.2. The van der Waals surface area contributed by atoms with Crippen LogP contribution >= 0.6 is 0 Å². The molecule has 0 unspecified atom stereocenters. The standard InChI is InChI=1S/C26H39N3O6/c1-17(2)29(19-10-9-11-27(16-19)25(32)33)23(30)20-15-21-22(14-18(20)3)35-26(4,5)24(31)28(21)12-7-8-13-34-6/h14-15,17,19H,7-13,16H2,1-6H3,(H,32,33)/t19-/m1/s1. The van der Waals surface area contributed by atoms with Gasteiger partial charge in [-0.15, -0.1) is 0 Å². The highest BCUT2D eigenvalue weighted by Crippen LogP contribution is 2.40. The van der Waals surface area contributed by atoms with Gasteiger partial charge in [-0.2, -0.15) is 0 Å². The fourth-order valence-corrected chi connectivity index (χ4v) is 5.00. The van der Waals surface area contributed by atoms with E-state index in [-0.39, 0.29) is 23.9 Å². The molecule has 1 fully saturated rings. The second kappa shape index (κ2) is 10.8. The van der Waals surface area contributed by atoms with E-state index in [1.807, 2.05) is 26.8 Å². The summed E-state index contributed by atoms with van der Waals surface area (Å²) >= 11 is 0. The summed E-state index contributed by atoms with van der Waals surface area (Å²) in [6, 6.07) is 3.29. The van der Waals surface area contributed by atoms with E-state index < -0.39 is 11.7 Å². The molecular formula is C26H39N3O6. The molecule has 1 aromatic rings. The third-order valence-corrected chi connectivity index (χ3v) is 6.78. The number of hydrogen-bond acceptors (Lipinski definition) is 5. The van der Waals surface area contributed by atoms with Crippen molar-refractivity contribution < 1.29 is 29.0 Å². The number of hydrogen-bond donors (Lipinski definition) is 1. The molecule has 1 aromatic carbocycles. The van der Waals surface area contributed by atoms with Crippen LogP contribution in [0.2, 0.25) is 0 Å². The number of nitrogens with zero attached hydrogens (tertiary/aromatic N) is 3. The van der Waals surface area contributed by atoms with Crippen molar-refractivity contribution in [1.29, 1.82) is 0 Å². The Kier molecular flexibility index (Phi) is 8.30. The van der Waals surface area contributed by atoms with Crippen molar-refractivity contribution in [3.05, 3.63) is 23.3 Å². The van der Waals surface area contributed by atoms with Crippen molar-refractivity contribution in [3.63, 3.8) is 0 Å². The average Bonchev–Trinajstić information content (AvgIpc) is 2.78. The van der Waals surface area contributed by atoms with Crippen LogP contribution in [0, 0.1) is 6.92 Å². The van der Waals surface area contributed by atoms with Crippen molar-refractivity contribution in [2.24, 2.45) is 0 Å². The van der Waals surface area contributed by atoms with Crippen LogP contribution in [0.3, 0.4) is 0 Å². The highest BCUT2D eigenvalue weighted by molar-refractivity contribution is 6.05. The van der Waals surface area contributed by atoms with Crippen LogP contribution in [0.15, 0.2) is 12.1 Å². The van der Waals surface area contributed by atoms with Crippen LogP contribution in [0.5, 0.6) is 5.75 Å². The quantitative estimate of drug-likeness (QED) is 0.556. The molecule has 0 aliphatic carbocycles. The SMILES string of the molecule is COCCCCN1C(=O)C(C)(C)Oc2cc(C)c(C(=O)N(C(C)C)[C@@H]3CCCN(C(=O)O)C3)cc21. The second-order valence-corrected chi connectivity index (χ2v) is 10.2. The first-order valence-corrected chi connectivity index (χ1v) is 12.4. The molecule has 2 aliphatic heterocycles. The molecule has 0 saturated carbocycles. The Morgan fingerprint density at radius 2 is 2.00 bits per heavy atom. The van der Waals surface area contributed by atoms with Crippen LogP contribution in [0.25, 0.3) is 0 Å². The molecule has 3 amide bonds. The summed E-state index contributed by atoms with van der Waals surface area (Å²) in [4.78, 5) is 43.6. The van der Waals surface area contributed by atoms with E-state index in [4.69, 9.17) is 9.47 Å². The zero-order valence-corrected chi connectivity index (χ0v) is 21.8. The van der Waals surface area contributed by atoms with Crippen LogP contribution < -0.4 is 9.64 Å². The number of piperidine rings is 1. The number of carbonyl (C=O) groups excluding carboxylic acids is 2. The molecule has 0 radical (unpaired) electrons. The van der Waals surface area contributed by atoms with Gasteiger partial charge in [0.15, 0.2) is 5.60 Å². The smallest absolute Gasteiger partial charge is 0.407 e. The minimum absolute atomic E-state index is 0.112. The highest BCUT2D eigenvalue weighted by Gasteiger charge is 2.42. The van der Waals surface area contributed by atoms with Crippen LogP contribution in [0.1, 0.15) is 69.3 Å². The predicted octanol–water partition coefficient (Wildman–Crippen LogP) is 3.92. The monoisotopic (exact) mass is 489 g/mol. The van der Waals surface area contributed by atoms with Crippen molar-refractivity contribution in [3.8, 4) is 5.75 Å². The van der Waals surface area contributed by atoms with E-state index in [0.717, 1.165) is 24.8 Å². The number of likely N-dealkylation sites (tertiary alicyclic amines) is 1. The summed E-state index contributed by atoms with van der Waals surface area (Å²) in [5, 5.41) is 9.47. The van der Waals surface area contributed by atoms with E-state index in [1.165, 1.54) is 4.90 Å². The van der Waals surface area contributed by atoms with Crippen molar-refractivity contribution >= 4 is 23.6 Å². The fraction of sp³-hybridized carbons (Fsp3) is 0.654. The molecule has 1 atom stereocenters. The molecule has 194 valence electrons. The number of rotatable bonds is 8. The molecule has 2 aliphatic rings. The molecule has 2 heterocycles. The molecular weight excluding hydrogens is 450 g/mol. The number of unbranched alkanes of at least 4 members (excludes halogenated alkanes) is 1. The maximum absolute atomic E-state index is 13.9. The lowest BCUT2D eigenvalue weighted by atomic mass is 9.97. The maximum atomic E-state index is 13.9. The number of fused-ring (bicyclic) bond motifs is 1. The normalized spacial score (nSPS) is 19.4. The molecule has 3 rings (SSSR count). The Morgan fingerprint density at radius 3 is 2.63 bits per heavy atom. The van der Waals surface area contributed by atoms with Gasteiger partial charge >= 0.3 is 6.09 Å². The number of anilines is 1. The van der Waals surface area contributed by atoms with Gasteiger partial charge < -0.3 is 29.3 Å². The van der Waals surface area contributed by atoms with E-state index in [0.29, 0.717) is 49.7 Å².